The van der Waals surface area contributed by atoms with Crippen LogP contribution in [0.15, 0.2) is 30.6 Å². The summed E-state index contributed by atoms with van der Waals surface area (Å²) in [5.74, 6) is 0.114. The number of aromatic nitrogens is 3. The molecule has 3 aromatic rings. The average Bonchev–Trinajstić information content (AvgIpc) is 2.99. The van der Waals surface area contributed by atoms with E-state index in [1.54, 1.807) is 18.5 Å². The average molecular weight is 313 g/mol. The maximum absolute atomic E-state index is 14.3. The zero-order chi connectivity index (χ0) is 17.0. The van der Waals surface area contributed by atoms with Crippen molar-refractivity contribution in [3.8, 4) is 11.3 Å². The van der Waals surface area contributed by atoms with E-state index in [0.717, 1.165) is 28.7 Å². The van der Waals surface area contributed by atoms with Crippen molar-refractivity contribution in [3.05, 3.63) is 47.8 Å². The Hall–Kier alpha value is -2.23. The molecule has 1 N–H and O–H groups in total. The van der Waals surface area contributed by atoms with Crippen molar-refractivity contribution in [1.82, 2.24) is 15.0 Å². The lowest BCUT2D eigenvalue weighted by molar-refractivity contribution is 0.632. The monoisotopic (exact) mass is 313 g/mol. The predicted octanol–water partition coefficient (Wildman–Crippen LogP) is 5.48. The molecular weight excluding hydrogens is 289 g/mol. The Morgan fingerprint density at radius 3 is 2.39 bits per heavy atom. The molecule has 0 saturated heterocycles. The summed E-state index contributed by atoms with van der Waals surface area (Å²) in [6, 6.07) is 5.37. The van der Waals surface area contributed by atoms with E-state index < -0.39 is 0 Å². The van der Waals surface area contributed by atoms with Gasteiger partial charge in [0.1, 0.15) is 5.82 Å². The van der Waals surface area contributed by atoms with Crippen LogP contribution in [0.4, 0.5) is 4.39 Å². The van der Waals surface area contributed by atoms with Crippen LogP contribution in [-0.4, -0.2) is 15.0 Å². The molecule has 0 spiro atoms. The highest BCUT2D eigenvalue weighted by atomic mass is 19.1. The maximum atomic E-state index is 14.3. The molecular formula is C19H24FN3. The van der Waals surface area contributed by atoms with Crippen molar-refractivity contribution < 1.29 is 4.39 Å². The third-order valence-electron chi connectivity index (χ3n) is 3.69. The van der Waals surface area contributed by atoms with Crippen LogP contribution < -0.4 is 0 Å². The second-order valence-corrected chi connectivity index (χ2v) is 5.55. The molecule has 0 aliphatic carbocycles. The first-order valence-electron chi connectivity index (χ1n) is 8.22. The van der Waals surface area contributed by atoms with Crippen molar-refractivity contribution in [1.29, 1.82) is 0 Å². The molecule has 0 bridgehead atoms. The minimum atomic E-state index is -0.268. The molecule has 0 radical (unpaired) electrons. The number of aromatic amines is 1. The first-order valence-corrected chi connectivity index (χ1v) is 8.22. The van der Waals surface area contributed by atoms with Gasteiger partial charge in [0.15, 0.2) is 0 Å². The smallest absolute Gasteiger partial charge is 0.133 e. The summed E-state index contributed by atoms with van der Waals surface area (Å²) < 4.78 is 14.3. The molecule has 0 fully saturated rings. The number of hydrogen-bond acceptors (Lipinski definition) is 2. The second kappa shape index (κ2) is 7.36. The number of halogens is 1. The first-order chi connectivity index (χ1) is 11.1. The quantitative estimate of drug-likeness (QED) is 0.696. The Kier molecular flexibility index (Phi) is 5.48. The first kappa shape index (κ1) is 17.1. The Labute approximate surface area is 137 Å². The summed E-state index contributed by atoms with van der Waals surface area (Å²) in [5.41, 5.74) is 3.98. The molecule has 0 aliphatic rings. The van der Waals surface area contributed by atoms with E-state index >= 15 is 0 Å². The van der Waals surface area contributed by atoms with E-state index in [1.165, 1.54) is 0 Å². The molecule has 0 aliphatic heterocycles. The summed E-state index contributed by atoms with van der Waals surface area (Å²) in [7, 11) is 0. The number of fused-ring (bicyclic) bond motifs is 1. The van der Waals surface area contributed by atoms with Gasteiger partial charge in [-0.15, -0.1) is 0 Å². The van der Waals surface area contributed by atoms with Gasteiger partial charge in [0, 0.05) is 28.4 Å². The van der Waals surface area contributed by atoms with Crippen LogP contribution in [0.2, 0.25) is 0 Å². The minimum Gasteiger partial charge on any atom is -0.358 e. The molecule has 0 atom stereocenters. The van der Waals surface area contributed by atoms with Crippen LogP contribution in [-0.2, 0) is 6.42 Å². The Balaban J connectivity index is 0.000000924. The van der Waals surface area contributed by atoms with Gasteiger partial charge in [-0.3, -0.25) is 9.97 Å². The third kappa shape index (κ3) is 3.58. The minimum absolute atomic E-state index is 0.268. The molecule has 0 unspecified atom stereocenters. The largest absolute Gasteiger partial charge is 0.358 e. The van der Waals surface area contributed by atoms with Gasteiger partial charge < -0.3 is 4.98 Å². The Morgan fingerprint density at radius 2 is 1.83 bits per heavy atom. The molecule has 23 heavy (non-hydrogen) atoms. The van der Waals surface area contributed by atoms with Crippen LogP contribution in [0.5, 0.6) is 0 Å². The zero-order valence-electron chi connectivity index (χ0n) is 14.4. The van der Waals surface area contributed by atoms with Gasteiger partial charge in [-0.05, 0) is 30.5 Å². The third-order valence-corrected chi connectivity index (χ3v) is 3.69. The molecule has 1 aromatic carbocycles. The molecule has 3 nitrogen and oxygen atoms in total. The lowest BCUT2D eigenvalue weighted by atomic mass is 10.1. The fraction of sp³-hybridized carbons (Fsp3) is 0.368. The van der Waals surface area contributed by atoms with E-state index in [4.69, 9.17) is 0 Å². The molecule has 122 valence electrons. The summed E-state index contributed by atoms with van der Waals surface area (Å²) in [4.78, 5) is 11.9. The highest BCUT2D eigenvalue weighted by Gasteiger charge is 2.12. The molecule has 2 aromatic heterocycles. The standard InChI is InChI=1S/C17H18FN3.C2H6/c1-4-12-8-20-17(9-19-12)13-7-16-11(5-14(13)18)6-15(21-16)10(2)3;1-2/h5-10,21H,4H2,1-3H3;1-2H3. The Morgan fingerprint density at radius 1 is 1.09 bits per heavy atom. The van der Waals surface area contributed by atoms with E-state index in [-0.39, 0.29) is 5.82 Å². The molecule has 4 heteroatoms. The lowest BCUT2D eigenvalue weighted by Gasteiger charge is -2.04. The molecule has 2 heterocycles. The normalized spacial score (nSPS) is 10.7. The van der Waals surface area contributed by atoms with Gasteiger partial charge in [-0.1, -0.05) is 34.6 Å². The van der Waals surface area contributed by atoms with E-state index in [2.05, 4.69) is 28.8 Å². The van der Waals surface area contributed by atoms with Gasteiger partial charge in [0.05, 0.1) is 17.6 Å². The van der Waals surface area contributed by atoms with E-state index in [0.29, 0.717) is 17.2 Å². The van der Waals surface area contributed by atoms with Crippen molar-refractivity contribution in [2.45, 2.75) is 47.0 Å². The van der Waals surface area contributed by atoms with Gasteiger partial charge in [0.25, 0.3) is 0 Å². The number of H-pyrrole nitrogens is 1. The van der Waals surface area contributed by atoms with E-state index in [1.807, 2.05) is 32.9 Å². The second-order valence-electron chi connectivity index (χ2n) is 5.55. The molecule has 0 amide bonds. The number of nitrogens with one attached hydrogen (secondary N) is 1. The number of benzene rings is 1. The van der Waals surface area contributed by atoms with Gasteiger partial charge in [0.2, 0.25) is 0 Å². The van der Waals surface area contributed by atoms with Crippen LogP contribution in [0, 0.1) is 5.82 Å². The summed E-state index contributed by atoms with van der Waals surface area (Å²) in [6.45, 7) is 10.2. The van der Waals surface area contributed by atoms with Crippen LogP contribution in [0.25, 0.3) is 22.2 Å². The van der Waals surface area contributed by atoms with Crippen molar-refractivity contribution in [2.24, 2.45) is 0 Å². The fourth-order valence-corrected chi connectivity index (χ4v) is 2.36. The maximum Gasteiger partial charge on any atom is 0.133 e. The zero-order valence-corrected chi connectivity index (χ0v) is 14.4. The van der Waals surface area contributed by atoms with Crippen LogP contribution in [0.3, 0.4) is 0 Å². The number of rotatable bonds is 3. The van der Waals surface area contributed by atoms with Gasteiger partial charge in [-0.2, -0.15) is 0 Å². The van der Waals surface area contributed by atoms with Gasteiger partial charge in [-0.25, -0.2) is 4.39 Å². The van der Waals surface area contributed by atoms with E-state index in [9.17, 15) is 4.39 Å². The fourth-order valence-electron chi connectivity index (χ4n) is 2.36. The van der Waals surface area contributed by atoms with Crippen molar-refractivity contribution in [3.63, 3.8) is 0 Å². The van der Waals surface area contributed by atoms with Gasteiger partial charge >= 0.3 is 0 Å². The number of hydrogen-bond donors (Lipinski definition) is 1. The lowest BCUT2D eigenvalue weighted by Crippen LogP contribution is -1.93. The predicted molar refractivity (Wildman–Crippen MR) is 94.1 cm³/mol. The Bertz CT molecular complexity index is 773. The van der Waals surface area contributed by atoms with Crippen LogP contribution in [0.1, 0.15) is 51.9 Å². The highest BCUT2D eigenvalue weighted by molar-refractivity contribution is 5.85. The molecule has 3 rings (SSSR count). The number of nitrogens with zero attached hydrogens (tertiary/aromatic N) is 2. The highest BCUT2D eigenvalue weighted by Crippen LogP contribution is 2.28. The van der Waals surface area contributed by atoms with Crippen molar-refractivity contribution in [2.75, 3.05) is 0 Å². The van der Waals surface area contributed by atoms with Crippen LogP contribution >= 0.6 is 0 Å². The summed E-state index contributed by atoms with van der Waals surface area (Å²) >= 11 is 0. The topological polar surface area (TPSA) is 41.6 Å². The summed E-state index contributed by atoms with van der Waals surface area (Å²) in [6.07, 6.45) is 4.16. The SMILES string of the molecule is CC.CCc1cnc(-c2cc3[nH]c(C(C)C)cc3cc2F)cn1. The number of aryl methyl sites for hydroxylation is 1. The summed E-state index contributed by atoms with van der Waals surface area (Å²) in [5, 5.41) is 0.887. The van der Waals surface area contributed by atoms with Crippen molar-refractivity contribution >= 4 is 10.9 Å². The molecule has 0 saturated carbocycles.